The number of fused-ring (bicyclic) bond motifs is 1. The smallest absolute Gasteiger partial charge is 0.208 e. The molecule has 4 aromatic rings. The van der Waals surface area contributed by atoms with E-state index in [2.05, 4.69) is 53.7 Å². The van der Waals surface area contributed by atoms with E-state index in [0.29, 0.717) is 23.8 Å². The number of ketones is 1. The molecule has 0 saturated carbocycles. The van der Waals surface area contributed by atoms with Crippen LogP contribution in [-0.2, 0) is 18.3 Å². The number of anilines is 2. The molecule has 1 aliphatic heterocycles. The number of aromatic nitrogens is 3. The maximum absolute atomic E-state index is 12.7. The molecule has 0 atom stereocenters. The number of carbonyl (C=O) groups excluding carboxylic acids is 1. The first-order valence-electron chi connectivity index (χ1n) is 12.7. The normalized spacial score (nSPS) is 14.3. The van der Waals surface area contributed by atoms with Crippen LogP contribution < -0.4 is 15.4 Å². The second-order valence-corrected chi connectivity index (χ2v) is 9.80. The van der Waals surface area contributed by atoms with Crippen molar-refractivity contribution in [3.05, 3.63) is 72.1 Å². The van der Waals surface area contributed by atoms with Crippen LogP contribution in [0.15, 0.2) is 60.8 Å². The Labute approximate surface area is 211 Å². The highest BCUT2D eigenvalue weighted by atomic mass is 16.5. The summed E-state index contributed by atoms with van der Waals surface area (Å²) in [5.74, 6) is 2.97. The van der Waals surface area contributed by atoms with Gasteiger partial charge in [-0.25, -0.2) is 4.98 Å². The van der Waals surface area contributed by atoms with Gasteiger partial charge in [0.2, 0.25) is 5.95 Å². The van der Waals surface area contributed by atoms with E-state index in [9.17, 15) is 4.79 Å². The lowest BCUT2D eigenvalue weighted by Crippen LogP contribution is -2.32. The molecular weight excluding hydrogens is 450 g/mol. The average molecular weight is 484 g/mol. The third kappa shape index (κ3) is 5.41. The van der Waals surface area contributed by atoms with Gasteiger partial charge in [0.25, 0.3) is 0 Å². The number of nitrogens with one attached hydrogen (secondary N) is 2. The molecule has 2 aromatic heterocycles. The molecule has 7 heteroatoms. The molecule has 7 nitrogen and oxygen atoms in total. The number of imidazole rings is 1. The highest BCUT2D eigenvalue weighted by Gasteiger charge is 2.21. The quantitative estimate of drug-likeness (QED) is 0.333. The predicted molar refractivity (Wildman–Crippen MR) is 143 cm³/mol. The first-order chi connectivity index (χ1) is 17.5. The summed E-state index contributed by atoms with van der Waals surface area (Å²) < 4.78 is 8.17. The van der Waals surface area contributed by atoms with Gasteiger partial charge in [0, 0.05) is 43.4 Å². The van der Waals surface area contributed by atoms with Crippen molar-refractivity contribution in [2.45, 2.75) is 39.0 Å². The Morgan fingerprint density at radius 2 is 1.92 bits per heavy atom. The molecule has 2 aromatic carbocycles. The molecule has 0 amide bonds. The number of hydrogen-bond acceptors (Lipinski definition) is 6. The molecule has 2 N–H and O–H groups in total. The number of carbonyl (C=O) groups is 1. The highest BCUT2D eigenvalue weighted by molar-refractivity contribution is 5.83. The molecule has 0 aliphatic carbocycles. The molecule has 1 saturated heterocycles. The van der Waals surface area contributed by atoms with Crippen LogP contribution in [-0.4, -0.2) is 33.4 Å². The number of aryl methyl sites for hydroxylation is 1. The summed E-state index contributed by atoms with van der Waals surface area (Å²) in [5.41, 5.74) is 4.88. The molecule has 0 bridgehead atoms. The first-order valence-corrected chi connectivity index (χ1v) is 12.7. The van der Waals surface area contributed by atoms with Crippen LogP contribution >= 0.6 is 0 Å². The lowest BCUT2D eigenvalue weighted by molar-refractivity contribution is -0.123. The molecule has 3 heterocycles. The Bertz CT molecular complexity index is 1370. The van der Waals surface area contributed by atoms with Crippen molar-refractivity contribution in [1.82, 2.24) is 19.9 Å². The second-order valence-electron chi connectivity index (χ2n) is 9.80. The van der Waals surface area contributed by atoms with Gasteiger partial charge in [0.05, 0.1) is 16.7 Å². The van der Waals surface area contributed by atoms with Crippen LogP contribution in [0.4, 0.5) is 11.6 Å². The van der Waals surface area contributed by atoms with Crippen LogP contribution in [0, 0.1) is 5.92 Å². The second kappa shape index (κ2) is 10.5. The molecule has 36 heavy (non-hydrogen) atoms. The van der Waals surface area contributed by atoms with Crippen molar-refractivity contribution in [1.29, 1.82) is 0 Å². The third-order valence-electron chi connectivity index (χ3n) is 6.84. The highest BCUT2D eigenvalue weighted by Crippen LogP contribution is 2.29. The zero-order valence-electron chi connectivity index (χ0n) is 21.1. The van der Waals surface area contributed by atoms with Crippen molar-refractivity contribution >= 4 is 28.5 Å². The summed E-state index contributed by atoms with van der Waals surface area (Å²) >= 11 is 0. The Morgan fingerprint density at radius 3 is 2.72 bits per heavy atom. The molecule has 0 radical (unpaired) electrons. The van der Waals surface area contributed by atoms with E-state index in [1.807, 2.05) is 41.9 Å². The fourth-order valence-corrected chi connectivity index (χ4v) is 4.68. The molecular formula is C29H33N5O2. The zero-order valence-corrected chi connectivity index (χ0v) is 21.1. The largest absolute Gasteiger partial charge is 0.457 e. The SMILES string of the molecule is CC(C)c1cccc(Nc2nc3cc(Oc4ccnc(CC(=O)C5CCNCC5)c4)ccc3n2C)c1. The van der Waals surface area contributed by atoms with Gasteiger partial charge >= 0.3 is 0 Å². The summed E-state index contributed by atoms with van der Waals surface area (Å²) in [5, 5.41) is 6.75. The van der Waals surface area contributed by atoms with Gasteiger partial charge in [-0.2, -0.15) is 0 Å². The maximum atomic E-state index is 12.7. The number of nitrogens with zero attached hydrogens (tertiary/aromatic N) is 3. The minimum atomic E-state index is 0.125. The van der Waals surface area contributed by atoms with Crippen LogP contribution in [0.3, 0.4) is 0 Å². The van der Waals surface area contributed by atoms with Crippen LogP contribution in [0.25, 0.3) is 11.0 Å². The maximum Gasteiger partial charge on any atom is 0.208 e. The van der Waals surface area contributed by atoms with Crippen molar-refractivity contribution in [3.8, 4) is 11.5 Å². The number of pyridine rings is 1. The Hall–Kier alpha value is -3.71. The monoisotopic (exact) mass is 483 g/mol. The molecule has 1 fully saturated rings. The van der Waals surface area contributed by atoms with Gasteiger partial charge in [-0.05, 0) is 67.7 Å². The van der Waals surface area contributed by atoms with Gasteiger partial charge in [0.15, 0.2) is 0 Å². The van der Waals surface area contributed by atoms with E-state index in [4.69, 9.17) is 9.72 Å². The fraction of sp³-hybridized carbons (Fsp3) is 0.345. The number of Topliss-reactive ketones (excluding diaryl/α,β-unsaturated/α-hetero) is 1. The van der Waals surface area contributed by atoms with Crippen molar-refractivity contribution in [3.63, 3.8) is 0 Å². The van der Waals surface area contributed by atoms with Crippen molar-refractivity contribution in [2.24, 2.45) is 13.0 Å². The van der Waals surface area contributed by atoms with Gasteiger partial charge in [0.1, 0.15) is 17.3 Å². The van der Waals surface area contributed by atoms with E-state index in [1.165, 1.54) is 5.56 Å². The van der Waals surface area contributed by atoms with E-state index in [-0.39, 0.29) is 11.7 Å². The van der Waals surface area contributed by atoms with Gasteiger partial charge in [-0.15, -0.1) is 0 Å². The summed E-state index contributed by atoms with van der Waals surface area (Å²) in [7, 11) is 2.00. The minimum Gasteiger partial charge on any atom is -0.457 e. The van der Waals surface area contributed by atoms with E-state index < -0.39 is 0 Å². The van der Waals surface area contributed by atoms with Crippen LogP contribution in [0.2, 0.25) is 0 Å². The lowest BCUT2D eigenvalue weighted by Gasteiger charge is -2.21. The number of ether oxygens (including phenoxy) is 1. The standard InChI is InChI=1S/C29H33N5O2/c1-19(2)21-5-4-6-22(15-21)32-29-33-26-18-24(7-8-27(26)34(29)3)36-25-11-14-31-23(16-25)17-28(35)20-9-12-30-13-10-20/h4-8,11,14-16,18-20,30H,9-10,12-13,17H2,1-3H3,(H,32,33). The first kappa shape index (κ1) is 24.0. The fourth-order valence-electron chi connectivity index (χ4n) is 4.68. The Balaban J connectivity index is 1.30. The third-order valence-corrected chi connectivity index (χ3v) is 6.84. The van der Waals surface area contributed by atoms with Gasteiger partial charge in [-0.1, -0.05) is 26.0 Å². The molecule has 0 unspecified atom stereocenters. The minimum absolute atomic E-state index is 0.125. The van der Waals surface area contributed by atoms with E-state index >= 15 is 0 Å². The van der Waals surface area contributed by atoms with E-state index in [1.54, 1.807) is 6.20 Å². The van der Waals surface area contributed by atoms with Crippen molar-refractivity contribution in [2.75, 3.05) is 18.4 Å². The summed E-state index contributed by atoms with van der Waals surface area (Å²) in [4.78, 5) is 21.9. The topological polar surface area (TPSA) is 81.1 Å². The number of rotatable bonds is 8. The summed E-state index contributed by atoms with van der Waals surface area (Å²) in [6.45, 7) is 6.19. The van der Waals surface area contributed by atoms with Gasteiger partial charge < -0.3 is 19.9 Å². The van der Waals surface area contributed by atoms with Crippen LogP contribution in [0.5, 0.6) is 11.5 Å². The molecule has 5 rings (SSSR count). The Morgan fingerprint density at radius 1 is 1.11 bits per heavy atom. The van der Waals surface area contributed by atoms with E-state index in [0.717, 1.165) is 54.3 Å². The van der Waals surface area contributed by atoms with Crippen molar-refractivity contribution < 1.29 is 9.53 Å². The summed E-state index contributed by atoms with van der Waals surface area (Å²) in [6, 6.07) is 18.0. The predicted octanol–water partition coefficient (Wildman–Crippen LogP) is 5.74. The average Bonchev–Trinajstić information content (AvgIpc) is 3.19. The number of benzene rings is 2. The Kier molecular flexibility index (Phi) is 7.00. The lowest BCUT2D eigenvalue weighted by atomic mass is 9.91. The zero-order chi connectivity index (χ0) is 25.1. The summed E-state index contributed by atoms with van der Waals surface area (Å²) in [6.07, 6.45) is 3.85. The molecule has 0 spiro atoms. The van der Waals surface area contributed by atoms with Crippen LogP contribution in [0.1, 0.15) is 43.9 Å². The van der Waals surface area contributed by atoms with Gasteiger partial charge in [-0.3, -0.25) is 9.78 Å². The number of hydrogen-bond donors (Lipinski definition) is 2. The molecule has 186 valence electrons. The number of piperidine rings is 1. The molecule has 1 aliphatic rings.